The molecule has 3 rings (SSSR count). The molecule has 1 N–H and O–H groups in total. The average molecular weight is 347 g/mol. The van der Waals surface area contributed by atoms with Gasteiger partial charge in [-0.1, -0.05) is 61.4 Å². The number of hydrogen-bond donors (Lipinski definition) is 1. The molecule has 1 aliphatic rings. The van der Waals surface area contributed by atoms with Crippen molar-refractivity contribution >= 4 is 11.6 Å². The van der Waals surface area contributed by atoms with E-state index in [-0.39, 0.29) is 5.83 Å². The number of aryl methyl sites for hydroxylation is 1. The van der Waals surface area contributed by atoms with Crippen molar-refractivity contribution in [2.75, 3.05) is 0 Å². The number of halogens is 2. The average Bonchev–Trinajstić information content (AvgIpc) is 3.07. The van der Waals surface area contributed by atoms with E-state index < -0.39 is 0 Å². The van der Waals surface area contributed by atoms with Crippen LogP contribution in [-0.4, -0.2) is 10.2 Å². The molecule has 2 aromatic rings. The third-order valence-corrected chi connectivity index (χ3v) is 3.47. The maximum atomic E-state index is 12.8. The fourth-order valence-corrected chi connectivity index (χ4v) is 2.15. The van der Waals surface area contributed by atoms with E-state index in [1.807, 2.05) is 26.0 Å². The van der Waals surface area contributed by atoms with Crippen LogP contribution in [0.3, 0.4) is 0 Å². The van der Waals surface area contributed by atoms with Crippen LogP contribution in [0.1, 0.15) is 32.8 Å². The van der Waals surface area contributed by atoms with Crippen molar-refractivity contribution in [1.82, 2.24) is 10.2 Å². The highest BCUT2D eigenvalue weighted by molar-refractivity contribution is 6.31. The van der Waals surface area contributed by atoms with E-state index in [2.05, 4.69) is 35.3 Å². The van der Waals surface area contributed by atoms with Crippen LogP contribution in [-0.2, 0) is 0 Å². The normalized spacial score (nSPS) is 13.2. The van der Waals surface area contributed by atoms with Gasteiger partial charge in [-0.2, -0.15) is 5.10 Å². The first kappa shape index (κ1) is 19.9. The van der Waals surface area contributed by atoms with E-state index >= 15 is 0 Å². The van der Waals surface area contributed by atoms with E-state index in [0.29, 0.717) is 17.0 Å². The van der Waals surface area contributed by atoms with Crippen molar-refractivity contribution in [2.24, 2.45) is 0 Å². The van der Waals surface area contributed by atoms with Crippen LogP contribution >= 0.6 is 11.6 Å². The zero-order valence-corrected chi connectivity index (χ0v) is 15.4. The van der Waals surface area contributed by atoms with Gasteiger partial charge in [0.2, 0.25) is 0 Å². The van der Waals surface area contributed by atoms with Crippen molar-refractivity contribution in [3.63, 3.8) is 0 Å². The molecule has 0 atom stereocenters. The fourth-order valence-electron chi connectivity index (χ4n) is 1.97. The predicted molar refractivity (Wildman–Crippen MR) is 102 cm³/mol. The van der Waals surface area contributed by atoms with Crippen LogP contribution in [0, 0.1) is 6.92 Å². The van der Waals surface area contributed by atoms with Crippen molar-refractivity contribution in [3.05, 3.63) is 76.8 Å². The van der Waals surface area contributed by atoms with Gasteiger partial charge in [-0.15, -0.1) is 0 Å². The highest BCUT2D eigenvalue weighted by atomic mass is 35.5. The number of rotatable bonds is 1. The Morgan fingerprint density at radius 2 is 1.88 bits per heavy atom. The Balaban J connectivity index is 0.000000221. The summed E-state index contributed by atoms with van der Waals surface area (Å²) in [6, 6.07) is 10.3. The maximum absolute atomic E-state index is 12.8. The lowest BCUT2D eigenvalue weighted by Gasteiger charge is -1.97. The Labute approximate surface area is 148 Å². The zero-order chi connectivity index (χ0) is 17.9. The molecule has 128 valence electrons. The monoisotopic (exact) mass is 346 g/mol. The van der Waals surface area contributed by atoms with Gasteiger partial charge in [-0.25, -0.2) is 4.39 Å². The first-order chi connectivity index (χ1) is 11.6. The molecule has 0 saturated heterocycles. The minimum Gasteiger partial charge on any atom is -0.278 e. The smallest absolute Gasteiger partial charge is 0.127 e. The Morgan fingerprint density at radius 3 is 2.50 bits per heavy atom. The lowest BCUT2D eigenvalue weighted by molar-refractivity contribution is 0.651. The van der Waals surface area contributed by atoms with Crippen molar-refractivity contribution in [3.8, 4) is 11.3 Å². The summed E-state index contributed by atoms with van der Waals surface area (Å²) in [4.78, 5) is 0. The van der Waals surface area contributed by atoms with E-state index in [4.69, 9.17) is 11.6 Å². The van der Waals surface area contributed by atoms with Gasteiger partial charge in [-0.3, -0.25) is 5.10 Å². The van der Waals surface area contributed by atoms with Crippen LogP contribution in [0.5, 0.6) is 0 Å². The van der Waals surface area contributed by atoms with Crippen LogP contribution in [0.4, 0.5) is 4.39 Å². The fraction of sp³-hybridized carbons (Fsp3) is 0.250. The van der Waals surface area contributed by atoms with E-state index in [9.17, 15) is 4.39 Å². The van der Waals surface area contributed by atoms with Crippen molar-refractivity contribution in [1.29, 1.82) is 0 Å². The second-order valence-corrected chi connectivity index (χ2v) is 5.48. The second kappa shape index (κ2) is 10.6. The number of nitrogens with one attached hydrogen (secondary N) is 1. The second-order valence-electron chi connectivity index (χ2n) is 5.04. The molecule has 0 amide bonds. The number of aromatic amines is 1. The third kappa shape index (κ3) is 6.55. The number of aromatic nitrogens is 2. The molecular weight excluding hydrogens is 323 g/mol. The first-order valence-corrected chi connectivity index (χ1v) is 8.40. The van der Waals surface area contributed by atoms with Crippen LogP contribution in [0.2, 0.25) is 0 Å². The van der Waals surface area contributed by atoms with Gasteiger partial charge in [0.05, 0.1) is 5.69 Å². The quantitative estimate of drug-likeness (QED) is 0.609. The van der Waals surface area contributed by atoms with Crippen molar-refractivity contribution < 1.29 is 4.39 Å². The maximum Gasteiger partial charge on any atom is 0.127 e. The summed E-state index contributed by atoms with van der Waals surface area (Å²) in [5, 5.41) is 7.31. The predicted octanol–water partition coefficient (Wildman–Crippen LogP) is 6.72. The van der Waals surface area contributed by atoms with E-state index in [1.165, 1.54) is 17.2 Å². The van der Waals surface area contributed by atoms with Gasteiger partial charge in [0, 0.05) is 11.2 Å². The van der Waals surface area contributed by atoms with Gasteiger partial charge in [0.25, 0.3) is 0 Å². The summed E-state index contributed by atoms with van der Waals surface area (Å²) in [7, 11) is 0. The highest BCUT2D eigenvalue weighted by Gasteiger charge is 2.01. The highest BCUT2D eigenvalue weighted by Crippen LogP contribution is 2.20. The van der Waals surface area contributed by atoms with Crippen LogP contribution in [0.25, 0.3) is 11.3 Å². The molecule has 0 unspecified atom stereocenters. The first-order valence-electron chi connectivity index (χ1n) is 8.02. The standard InChI is InChI=1S/C10H10N2.C8H8ClF.C2H6/c1-8-3-2-4-9(7-8)10-5-6-11-12-10;1-6-3-2-4-7(9)5-8(6)10;1-2/h2-7H,1H3,(H,11,12);3-5H,2H2,1H3;1-2H3. The number of benzene rings is 1. The molecule has 1 heterocycles. The molecule has 0 radical (unpaired) electrons. The lowest BCUT2D eigenvalue weighted by atomic mass is 10.1. The molecule has 0 bridgehead atoms. The summed E-state index contributed by atoms with van der Waals surface area (Å²) in [5.74, 6) is -0.237. The Bertz CT molecular complexity index is 713. The van der Waals surface area contributed by atoms with E-state index in [1.54, 1.807) is 25.3 Å². The molecular formula is C20H24ClFN2. The summed E-state index contributed by atoms with van der Waals surface area (Å²) in [5.41, 5.74) is 4.18. The van der Waals surface area contributed by atoms with Gasteiger partial charge in [-0.05, 0) is 49.6 Å². The summed E-state index contributed by atoms with van der Waals surface area (Å²) >= 11 is 5.59. The van der Waals surface area contributed by atoms with Gasteiger partial charge < -0.3 is 0 Å². The minimum atomic E-state index is -0.237. The molecule has 1 aromatic heterocycles. The van der Waals surface area contributed by atoms with Gasteiger partial charge in [0.15, 0.2) is 0 Å². The van der Waals surface area contributed by atoms with Crippen molar-refractivity contribution in [2.45, 2.75) is 34.1 Å². The largest absolute Gasteiger partial charge is 0.278 e. The van der Waals surface area contributed by atoms with E-state index in [0.717, 1.165) is 5.69 Å². The SMILES string of the molecule is CC.CC1=CCC=C(Cl)C=C1F.Cc1cccc(-c2ccn[nH]2)c1. The zero-order valence-electron chi connectivity index (χ0n) is 14.6. The Hall–Kier alpha value is -2.13. The van der Waals surface area contributed by atoms with Gasteiger partial charge in [0.1, 0.15) is 5.83 Å². The lowest BCUT2D eigenvalue weighted by Crippen LogP contribution is -1.78. The summed E-state index contributed by atoms with van der Waals surface area (Å²) < 4.78 is 12.8. The molecule has 1 aromatic carbocycles. The van der Waals surface area contributed by atoms with Gasteiger partial charge >= 0.3 is 0 Å². The van der Waals surface area contributed by atoms with Crippen LogP contribution in [0.15, 0.2) is 71.2 Å². The number of nitrogens with zero attached hydrogens (tertiary/aromatic N) is 1. The number of H-pyrrole nitrogens is 1. The Morgan fingerprint density at radius 1 is 1.12 bits per heavy atom. The summed E-state index contributed by atoms with van der Waals surface area (Å²) in [6.45, 7) is 7.81. The Kier molecular flexibility index (Phi) is 8.80. The molecule has 1 aliphatic carbocycles. The third-order valence-electron chi connectivity index (χ3n) is 3.21. The topological polar surface area (TPSA) is 28.7 Å². The van der Waals surface area contributed by atoms with Crippen LogP contribution < -0.4 is 0 Å². The molecule has 0 aliphatic heterocycles. The molecule has 0 spiro atoms. The number of hydrogen-bond acceptors (Lipinski definition) is 1. The molecule has 4 heteroatoms. The molecule has 0 fully saturated rings. The molecule has 2 nitrogen and oxygen atoms in total. The minimum absolute atomic E-state index is 0.237. The summed E-state index contributed by atoms with van der Waals surface area (Å²) in [6.07, 6.45) is 7.39. The number of allylic oxidation sites excluding steroid dienone is 6. The molecule has 0 saturated carbocycles. The molecule has 24 heavy (non-hydrogen) atoms.